The average Bonchev–Trinajstić information content (AvgIpc) is 2.88. The van der Waals surface area contributed by atoms with E-state index in [2.05, 4.69) is 0 Å². The SMILES string of the molecule is O=C(COC(=O)c1ccc(S(=O)(=O)N2CCCCC2)cc1)c1ccc(-c2ccccc2)cc1. The van der Waals surface area contributed by atoms with Gasteiger partial charge in [0.25, 0.3) is 0 Å². The molecule has 1 saturated heterocycles. The lowest BCUT2D eigenvalue weighted by Gasteiger charge is -2.25. The molecule has 0 aliphatic carbocycles. The lowest BCUT2D eigenvalue weighted by Crippen LogP contribution is -2.35. The number of ether oxygens (including phenoxy) is 1. The fourth-order valence-corrected chi connectivity index (χ4v) is 5.31. The molecule has 1 aliphatic heterocycles. The number of sulfonamides is 1. The molecule has 1 aliphatic rings. The van der Waals surface area contributed by atoms with Crippen molar-refractivity contribution in [3.05, 3.63) is 90.0 Å². The minimum absolute atomic E-state index is 0.149. The Morgan fingerprint density at radius 1 is 0.727 bits per heavy atom. The minimum Gasteiger partial charge on any atom is -0.454 e. The second-order valence-corrected chi connectivity index (χ2v) is 9.87. The zero-order valence-electron chi connectivity index (χ0n) is 18.1. The third kappa shape index (κ3) is 5.38. The maximum absolute atomic E-state index is 12.7. The Kier molecular flexibility index (Phi) is 7.01. The van der Waals surface area contributed by atoms with Crippen LogP contribution in [0.3, 0.4) is 0 Å². The fraction of sp³-hybridized carbons (Fsp3) is 0.231. The van der Waals surface area contributed by atoms with E-state index in [1.807, 2.05) is 42.5 Å². The van der Waals surface area contributed by atoms with Gasteiger partial charge in [0.1, 0.15) is 0 Å². The zero-order valence-corrected chi connectivity index (χ0v) is 19.0. The lowest BCUT2D eigenvalue weighted by molar-refractivity contribution is 0.0474. The normalized spacial score (nSPS) is 14.5. The average molecular weight is 464 g/mol. The molecule has 0 aromatic heterocycles. The maximum atomic E-state index is 12.7. The Morgan fingerprint density at radius 3 is 1.94 bits per heavy atom. The van der Waals surface area contributed by atoms with Crippen LogP contribution in [0.15, 0.2) is 83.8 Å². The summed E-state index contributed by atoms with van der Waals surface area (Å²) >= 11 is 0. The summed E-state index contributed by atoms with van der Waals surface area (Å²) in [4.78, 5) is 24.9. The number of rotatable bonds is 7. The monoisotopic (exact) mass is 463 g/mol. The molecule has 7 heteroatoms. The summed E-state index contributed by atoms with van der Waals surface area (Å²) in [6.07, 6.45) is 2.74. The van der Waals surface area contributed by atoms with Gasteiger partial charge in [-0.25, -0.2) is 13.2 Å². The number of carbonyl (C=O) groups is 2. The molecule has 0 radical (unpaired) electrons. The second-order valence-electron chi connectivity index (χ2n) is 7.93. The van der Waals surface area contributed by atoms with Crippen LogP contribution in [0.4, 0.5) is 0 Å². The highest BCUT2D eigenvalue weighted by molar-refractivity contribution is 7.89. The van der Waals surface area contributed by atoms with E-state index >= 15 is 0 Å². The van der Waals surface area contributed by atoms with Gasteiger partial charge in [-0.3, -0.25) is 4.79 Å². The fourth-order valence-electron chi connectivity index (χ4n) is 3.79. The molecule has 0 saturated carbocycles. The summed E-state index contributed by atoms with van der Waals surface area (Å²) in [5.41, 5.74) is 2.68. The quantitative estimate of drug-likeness (QED) is 0.379. The van der Waals surface area contributed by atoms with Crippen molar-refractivity contribution in [2.75, 3.05) is 19.7 Å². The van der Waals surface area contributed by atoms with Crippen LogP contribution in [0.1, 0.15) is 40.0 Å². The largest absolute Gasteiger partial charge is 0.454 e. The third-order valence-electron chi connectivity index (χ3n) is 5.69. The first kappa shape index (κ1) is 22.9. The van der Waals surface area contributed by atoms with Gasteiger partial charge < -0.3 is 4.74 Å². The number of hydrogen-bond acceptors (Lipinski definition) is 5. The van der Waals surface area contributed by atoms with E-state index in [0.29, 0.717) is 18.7 Å². The molecular formula is C26H25NO5S. The summed E-state index contributed by atoms with van der Waals surface area (Å²) < 4.78 is 32.1. The number of ketones is 1. The summed E-state index contributed by atoms with van der Waals surface area (Å²) in [6, 6.07) is 22.6. The van der Waals surface area contributed by atoms with E-state index in [4.69, 9.17) is 4.74 Å². The van der Waals surface area contributed by atoms with Gasteiger partial charge in [-0.2, -0.15) is 4.31 Å². The van der Waals surface area contributed by atoms with E-state index in [1.54, 1.807) is 12.1 Å². The highest BCUT2D eigenvalue weighted by Gasteiger charge is 2.26. The van der Waals surface area contributed by atoms with Gasteiger partial charge in [0.05, 0.1) is 10.5 Å². The van der Waals surface area contributed by atoms with Crippen molar-refractivity contribution < 1.29 is 22.7 Å². The van der Waals surface area contributed by atoms with Crippen LogP contribution in [-0.4, -0.2) is 44.2 Å². The van der Waals surface area contributed by atoms with Crippen molar-refractivity contribution in [1.82, 2.24) is 4.31 Å². The molecule has 0 bridgehead atoms. The van der Waals surface area contributed by atoms with Gasteiger partial charge in [-0.1, -0.05) is 61.0 Å². The van der Waals surface area contributed by atoms with Gasteiger partial charge in [-0.05, 0) is 48.2 Å². The molecule has 0 amide bonds. The molecule has 0 spiro atoms. The van der Waals surface area contributed by atoms with Crippen molar-refractivity contribution in [1.29, 1.82) is 0 Å². The number of carbonyl (C=O) groups excluding carboxylic acids is 2. The van der Waals surface area contributed by atoms with E-state index < -0.39 is 22.6 Å². The third-order valence-corrected chi connectivity index (χ3v) is 7.60. The highest BCUT2D eigenvalue weighted by Crippen LogP contribution is 2.22. The Hall–Kier alpha value is -3.29. The molecule has 0 N–H and O–H groups in total. The van der Waals surface area contributed by atoms with Crippen molar-refractivity contribution >= 4 is 21.8 Å². The zero-order chi connectivity index (χ0) is 23.3. The maximum Gasteiger partial charge on any atom is 0.338 e. The van der Waals surface area contributed by atoms with Crippen LogP contribution >= 0.6 is 0 Å². The van der Waals surface area contributed by atoms with Crippen molar-refractivity contribution in [3.63, 3.8) is 0 Å². The molecule has 0 atom stereocenters. The molecule has 6 nitrogen and oxygen atoms in total. The molecular weight excluding hydrogens is 438 g/mol. The summed E-state index contributed by atoms with van der Waals surface area (Å²) in [5.74, 6) is -0.988. The molecule has 3 aromatic carbocycles. The summed E-state index contributed by atoms with van der Waals surface area (Å²) in [5, 5.41) is 0. The number of benzene rings is 3. The Labute approximate surface area is 193 Å². The van der Waals surface area contributed by atoms with Gasteiger partial charge in [-0.15, -0.1) is 0 Å². The van der Waals surface area contributed by atoms with Crippen molar-refractivity contribution in [2.45, 2.75) is 24.2 Å². The van der Waals surface area contributed by atoms with E-state index in [1.165, 1.54) is 28.6 Å². The van der Waals surface area contributed by atoms with Gasteiger partial charge in [0.2, 0.25) is 10.0 Å². The minimum atomic E-state index is -3.56. The number of esters is 1. The Morgan fingerprint density at radius 2 is 1.30 bits per heavy atom. The van der Waals surface area contributed by atoms with Gasteiger partial charge >= 0.3 is 5.97 Å². The van der Waals surface area contributed by atoms with Crippen LogP contribution in [0.5, 0.6) is 0 Å². The number of piperidine rings is 1. The number of nitrogens with zero attached hydrogens (tertiary/aromatic N) is 1. The van der Waals surface area contributed by atoms with E-state index in [9.17, 15) is 18.0 Å². The van der Waals surface area contributed by atoms with Gasteiger partial charge in [0.15, 0.2) is 12.4 Å². The van der Waals surface area contributed by atoms with Crippen LogP contribution in [0.25, 0.3) is 11.1 Å². The van der Waals surface area contributed by atoms with Crippen LogP contribution in [0.2, 0.25) is 0 Å². The van der Waals surface area contributed by atoms with Crippen molar-refractivity contribution in [3.8, 4) is 11.1 Å². The smallest absolute Gasteiger partial charge is 0.338 e. The molecule has 0 unspecified atom stereocenters. The van der Waals surface area contributed by atoms with Crippen LogP contribution < -0.4 is 0 Å². The Bertz CT molecular complexity index is 1210. The van der Waals surface area contributed by atoms with Crippen LogP contribution in [0, 0.1) is 0 Å². The number of hydrogen-bond donors (Lipinski definition) is 0. The van der Waals surface area contributed by atoms with Gasteiger partial charge in [0, 0.05) is 18.7 Å². The molecule has 170 valence electrons. The topological polar surface area (TPSA) is 80.8 Å². The second kappa shape index (κ2) is 10.1. The standard InChI is InChI=1S/C26H25NO5S/c28-25(22-11-9-21(10-12-22)20-7-3-1-4-8-20)19-32-26(29)23-13-15-24(16-14-23)33(30,31)27-17-5-2-6-18-27/h1,3-4,7-16H,2,5-6,17-19H2. The first-order chi connectivity index (χ1) is 15.9. The van der Waals surface area contributed by atoms with Crippen LogP contribution in [-0.2, 0) is 14.8 Å². The predicted molar refractivity (Wildman–Crippen MR) is 126 cm³/mol. The van der Waals surface area contributed by atoms with Crippen molar-refractivity contribution in [2.24, 2.45) is 0 Å². The number of Topliss-reactive ketones (excluding diaryl/α,β-unsaturated/α-hetero) is 1. The summed E-state index contributed by atoms with van der Waals surface area (Å²) in [6.45, 7) is 0.637. The molecule has 1 heterocycles. The molecule has 33 heavy (non-hydrogen) atoms. The van der Waals surface area contributed by atoms with E-state index in [0.717, 1.165) is 30.4 Å². The molecule has 3 aromatic rings. The molecule has 4 rings (SSSR count). The lowest BCUT2D eigenvalue weighted by atomic mass is 10.0. The van der Waals surface area contributed by atoms with E-state index in [-0.39, 0.29) is 16.2 Å². The summed E-state index contributed by atoms with van der Waals surface area (Å²) in [7, 11) is -3.56. The Balaban J connectivity index is 1.35. The molecule has 1 fully saturated rings. The predicted octanol–water partition coefficient (Wildman–Crippen LogP) is 4.57. The highest BCUT2D eigenvalue weighted by atomic mass is 32.2. The first-order valence-corrected chi connectivity index (χ1v) is 12.4. The first-order valence-electron chi connectivity index (χ1n) is 10.9.